The van der Waals surface area contributed by atoms with Crippen LogP contribution in [-0.4, -0.2) is 63.6 Å². The maximum atomic E-state index is 13.7. The van der Waals surface area contributed by atoms with Crippen LogP contribution in [0.2, 0.25) is 0 Å². The van der Waals surface area contributed by atoms with Crippen LogP contribution in [-0.2, 0) is 19.1 Å². The Morgan fingerprint density at radius 3 is 2.00 bits per heavy atom. The lowest BCUT2D eigenvalue weighted by Gasteiger charge is -2.36. The van der Waals surface area contributed by atoms with Crippen molar-refractivity contribution in [1.82, 2.24) is 9.80 Å². The van der Waals surface area contributed by atoms with Crippen molar-refractivity contribution in [3.8, 4) is 0 Å². The van der Waals surface area contributed by atoms with E-state index in [2.05, 4.69) is 13.2 Å². The van der Waals surface area contributed by atoms with E-state index in [1.165, 1.54) is 4.90 Å². The Bertz CT molecular complexity index is 645. The minimum absolute atomic E-state index is 0.213. The Balaban J connectivity index is 2.33. The Morgan fingerprint density at radius 2 is 1.50 bits per heavy atom. The molecular formula is C23H36N2O5. The number of rotatable bonds is 4. The number of ether oxygens (including phenoxy) is 2. The van der Waals surface area contributed by atoms with Gasteiger partial charge in [-0.15, -0.1) is 13.2 Å². The summed E-state index contributed by atoms with van der Waals surface area (Å²) in [6.45, 7) is 18.8. The van der Waals surface area contributed by atoms with Crippen molar-refractivity contribution in [3.05, 3.63) is 25.3 Å². The Hall–Kier alpha value is -2.31. The lowest BCUT2D eigenvalue weighted by molar-refractivity contribution is -0.164. The lowest BCUT2D eigenvalue weighted by atomic mass is 9.98. The summed E-state index contributed by atoms with van der Waals surface area (Å²) in [5.41, 5.74) is -1.33. The van der Waals surface area contributed by atoms with Gasteiger partial charge >= 0.3 is 12.1 Å². The number of likely N-dealkylation sites (tertiary alicyclic amines) is 2. The van der Waals surface area contributed by atoms with Gasteiger partial charge in [-0.3, -0.25) is 9.69 Å². The Labute approximate surface area is 180 Å². The molecule has 0 aliphatic carbocycles. The van der Waals surface area contributed by atoms with E-state index in [0.717, 1.165) is 0 Å². The number of hydrogen-bond acceptors (Lipinski definition) is 5. The van der Waals surface area contributed by atoms with Crippen molar-refractivity contribution in [3.63, 3.8) is 0 Å². The van der Waals surface area contributed by atoms with Gasteiger partial charge in [0.05, 0.1) is 6.04 Å². The molecule has 0 aromatic carbocycles. The fourth-order valence-electron chi connectivity index (χ4n) is 4.05. The molecule has 2 aliphatic rings. The lowest BCUT2D eigenvalue weighted by Crippen LogP contribution is -2.55. The van der Waals surface area contributed by atoms with E-state index >= 15 is 0 Å². The zero-order valence-electron chi connectivity index (χ0n) is 19.1. The number of carbonyl (C=O) groups is 3. The highest BCUT2D eigenvalue weighted by Crippen LogP contribution is 2.34. The topological polar surface area (TPSA) is 76.2 Å². The van der Waals surface area contributed by atoms with Gasteiger partial charge in [-0.25, -0.2) is 9.59 Å². The van der Waals surface area contributed by atoms with Crippen molar-refractivity contribution in [2.24, 2.45) is 5.92 Å². The first kappa shape index (κ1) is 24.0. The number of carbonyl (C=O) groups excluding carboxylic acids is 3. The fourth-order valence-corrected chi connectivity index (χ4v) is 4.05. The first-order valence-corrected chi connectivity index (χ1v) is 10.6. The van der Waals surface area contributed by atoms with E-state index < -0.39 is 35.3 Å². The number of esters is 1. The molecule has 30 heavy (non-hydrogen) atoms. The van der Waals surface area contributed by atoms with Crippen LogP contribution in [0.5, 0.6) is 0 Å². The van der Waals surface area contributed by atoms with Crippen LogP contribution in [0.25, 0.3) is 0 Å². The summed E-state index contributed by atoms with van der Waals surface area (Å²) < 4.78 is 11.1. The molecular weight excluding hydrogens is 384 g/mol. The van der Waals surface area contributed by atoms with E-state index in [9.17, 15) is 14.4 Å². The van der Waals surface area contributed by atoms with Crippen LogP contribution in [0.1, 0.15) is 60.8 Å². The summed E-state index contributed by atoms with van der Waals surface area (Å²) in [5.74, 6) is -0.936. The summed E-state index contributed by atoms with van der Waals surface area (Å²) in [7, 11) is 0. The van der Waals surface area contributed by atoms with Crippen LogP contribution < -0.4 is 0 Å². The van der Waals surface area contributed by atoms with Crippen molar-refractivity contribution in [2.45, 2.75) is 90.1 Å². The van der Waals surface area contributed by atoms with E-state index in [1.54, 1.807) is 58.6 Å². The molecule has 7 heteroatoms. The third kappa shape index (κ3) is 5.43. The van der Waals surface area contributed by atoms with Gasteiger partial charge in [0.25, 0.3) is 0 Å². The molecule has 0 bridgehead atoms. The summed E-state index contributed by atoms with van der Waals surface area (Å²) in [5, 5.41) is 0. The van der Waals surface area contributed by atoms with Gasteiger partial charge in [0, 0.05) is 12.5 Å². The molecule has 2 saturated heterocycles. The fraction of sp³-hybridized carbons (Fsp3) is 0.696. The molecule has 0 N–H and O–H groups in total. The molecule has 2 fully saturated rings. The molecule has 2 heterocycles. The van der Waals surface area contributed by atoms with Gasteiger partial charge in [-0.05, 0) is 60.8 Å². The molecule has 2 aliphatic heterocycles. The van der Waals surface area contributed by atoms with Crippen molar-refractivity contribution < 1.29 is 23.9 Å². The van der Waals surface area contributed by atoms with Crippen LogP contribution in [0.3, 0.4) is 0 Å². The van der Waals surface area contributed by atoms with Gasteiger partial charge < -0.3 is 14.4 Å². The molecule has 0 spiro atoms. The third-order valence-corrected chi connectivity index (χ3v) is 5.26. The molecule has 0 aromatic rings. The molecule has 7 nitrogen and oxygen atoms in total. The highest BCUT2D eigenvalue weighted by atomic mass is 16.6. The Morgan fingerprint density at radius 1 is 0.900 bits per heavy atom. The second-order valence-corrected chi connectivity index (χ2v) is 9.98. The highest BCUT2D eigenvalue weighted by Gasteiger charge is 2.49. The van der Waals surface area contributed by atoms with Crippen LogP contribution in [0.4, 0.5) is 4.79 Å². The van der Waals surface area contributed by atoms with Crippen LogP contribution in [0.15, 0.2) is 25.3 Å². The maximum Gasteiger partial charge on any atom is 0.410 e. The van der Waals surface area contributed by atoms with Gasteiger partial charge in [0.15, 0.2) is 0 Å². The minimum Gasteiger partial charge on any atom is -0.458 e. The predicted octanol–water partition coefficient (Wildman–Crippen LogP) is 3.69. The standard InChI is InChI=1S/C23H36N2O5/c1-9-15-13-14-24(21(28)30-23(6,7)8)18(15)19(26)25-16(10-2)11-12-17(25)20(27)29-22(3,4)5/h9-10,15-18H,1-2,11-14H2,3-8H3/t15-,16+,17+,18-/m1/s1. The average Bonchev–Trinajstić information content (AvgIpc) is 3.22. The summed E-state index contributed by atoms with van der Waals surface area (Å²) in [6.07, 6.45) is 4.58. The smallest absolute Gasteiger partial charge is 0.410 e. The first-order chi connectivity index (χ1) is 13.8. The van der Waals surface area contributed by atoms with Gasteiger partial charge in [0.2, 0.25) is 5.91 Å². The summed E-state index contributed by atoms with van der Waals surface area (Å²) in [6, 6.07) is -1.75. The normalized spacial score (nSPS) is 27.0. The average molecular weight is 421 g/mol. The zero-order chi connectivity index (χ0) is 22.9. The molecule has 0 unspecified atom stereocenters. The molecule has 0 radical (unpaired) electrons. The second-order valence-electron chi connectivity index (χ2n) is 9.98. The van der Waals surface area contributed by atoms with E-state index in [-0.39, 0.29) is 17.9 Å². The van der Waals surface area contributed by atoms with Gasteiger partial charge in [-0.2, -0.15) is 0 Å². The predicted molar refractivity (Wildman–Crippen MR) is 115 cm³/mol. The number of nitrogens with zero attached hydrogens (tertiary/aromatic N) is 2. The largest absolute Gasteiger partial charge is 0.458 e. The quantitative estimate of drug-likeness (QED) is 0.512. The summed E-state index contributed by atoms with van der Waals surface area (Å²) in [4.78, 5) is 42.4. The van der Waals surface area contributed by atoms with Crippen molar-refractivity contribution >= 4 is 18.0 Å². The summed E-state index contributed by atoms with van der Waals surface area (Å²) >= 11 is 0. The van der Waals surface area contributed by atoms with Crippen molar-refractivity contribution in [2.75, 3.05) is 6.54 Å². The molecule has 2 rings (SSSR count). The number of hydrogen-bond donors (Lipinski definition) is 0. The SMILES string of the molecule is C=C[C@@H]1CCN(C(=O)OC(C)(C)C)[C@H]1C(=O)N1[C@@H](C=C)CC[C@H]1C(=O)OC(C)(C)C. The minimum atomic E-state index is -0.761. The van der Waals surface area contributed by atoms with E-state index in [1.807, 2.05) is 0 Å². The first-order valence-electron chi connectivity index (χ1n) is 10.6. The second kappa shape index (κ2) is 8.82. The molecule has 4 atom stereocenters. The number of amides is 2. The van der Waals surface area contributed by atoms with Crippen LogP contribution in [0, 0.1) is 5.92 Å². The zero-order valence-corrected chi connectivity index (χ0v) is 19.1. The van der Waals surface area contributed by atoms with Gasteiger partial charge in [0.1, 0.15) is 23.3 Å². The maximum absolute atomic E-state index is 13.7. The molecule has 2 amide bonds. The molecule has 0 aromatic heterocycles. The molecule has 168 valence electrons. The van der Waals surface area contributed by atoms with Crippen LogP contribution >= 0.6 is 0 Å². The highest BCUT2D eigenvalue weighted by molar-refractivity contribution is 5.91. The monoisotopic (exact) mass is 420 g/mol. The van der Waals surface area contributed by atoms with Gasteiger partial charge in [-0.1, -0.05) is 12.2 Å². The van der Waals surface area contributed by atoms with E-state index in [4.69, 9.17) is 9.47 Å². The Kier molecular flexibility index (Phi) is 7.05. The molecule has 0 saturated carbocycles. The van der Waals surface area contributed by atoms with E-state index in [0.29, 0.717) is 25.8 Å². The van der Waals surface area contributed by atoms with Crippen molar-refractivity contribution in [1.29, 1.82) is 0 Å². The third-order valence-electron chi connectivity index (χ3n) is 5.26.